The summed E-state index contributed by atoms with van der Waals surface area (Å²) in [6, 6.07) is 6.91. The molecule has 2 rings (SSSR count). The van der Waals surface area contributed by atoms with Gasteiger partial charge in [-0.1, -0.05) is 17.3 Å². The second-order valence-electron chi connectivity index (χ2n) is 3.26. The molecule has 3 N–H and O–H groups in total. The van der Waals surface area contributed by atoms with Gasteiger partial charge in [0.2, 0.25) is 0 Å². The van der Waals surface area contributed by atoms with Gasteiger partial charge in [0.05, 0.1) is 5.69 Å². The molecule has 0 aliphatic heterocycles. The third-order valence-electron chi connectivity index (χ3n) is 2.20. The Labute approximate surface area is 87.3 Å². The van der Waals surface area contributed by atoms with Crippen molar-refractivity contribution < 1.29 is 9.63 Å². The lowest BCUT2D eigenvalue weighted by Gasteiger charge is -2.00. The number of nitrogens with zero attached hydrogens (tertiary/aromatic N) is 1. The van der Waals surface area contributed by atoms with E-state index < -0.39 is 0 Å². The van der Waals surface area contributed by atoms with E-state index in [0.717, 1.165) is 16.8 Å². The summed E-state index contributed by atoms with van der Waals surface area (Å²) in [5.41, 5.74) is 8.22. The van der Waals surface area contributed by atoms with Crippen LogP contribution in [0.15, 0.2) is 35.1 Å². The van der Waals surface area contributed by atoms with Gasteiger partial charge in [0.25, 0.3) is 0 Å². The quantitative estimate of drug-likeness (QED) is 0.795. The number of rotatable bonds is 3. The van der Waals surface area contributed by atoms with E-state index >= 15 is 0 Å². The maximum atomic E-state index is 9.17. The van der Waals surface area contributed by atoms with Crippen LogP contribution in [0.5, 0.6) is 5.75 Å². The van der Waals surface area contributed by atoms with Crippen LogP contribution in [0.2, 0.25) is 0 Å². The van der Waals surface area contributed by atoms with Crippen LogP contribution in [-0.2, 0) is 6.42 Å². The largest absolute Gasteiger partial charge is 0.508 e. The Morgan fingerprint density at radius 3 is 2.67 bits per heavy atom. The number of benzene rings is 1. The first-order chi connectivity index (χ1) is 7.31. The summed E-state index contributed by atoms with van der Waals surface area (Å²) in [6.45, 7) is 0.539. The van der Waals surface area contributed by atoms with Gasteiger partial charge >= 0.3 is 0 Å². The molecule has 78 valence electrons. The van der Waals surface area contributed by atoms with Crippen LogP contribution in [0, 0.1) is 0 Å². The molecule has 0 spiro atoms. The fraction of sp³-hybridized carbons (Fsp3) is 0.182. The van der Waals surface area contributed by atoms with Gasteiger partial charge in [-0.3, -0.25) is 0 Å². The van der Waals surface area contributed by atoms with Gasteiger partial charge in [-0.2, -0.15) is 0 Å². The maximum absolute atomic E-state index is 9.17. The molecule has 0 aliphatic carbocycles. The molecule has 15 heavy (non-hydrogen) atoms. The standard InChI is InChI=1S/C11H12N2O2/c12-6-5-11-10(7-15-13-11)8-1-3-9(14)4-2-8/h1-4,7,14H,5-6,12H2. The summed E-state index contributed by atoms with van der Waals surface area (Å²) in [5.74, 6) is 0.246. The topological polar surface area (TPSA) is 72.3 Å². The summed E-state index contributed by atoms with van der Waals surface area (Å²) >= 11 is 0. The smallest absolute Gasteiger partial charge is 0.131 e. The van der Waals surface area contributed by atoms with Gasteiger partial charge in [0, 0.05) is 12.0 Å². The summed E-state index contributed by atoms with van der Waals surface area (Å²) in [7, 11) is 0. The lowest BCUT2D eigenvalue weighted by molar-refractivity contribution is 0.412. The Bertz CT molecular complexity index is 434. The molecule has 0 saturated carbocycles. The number of phenols is 1. The Morgan fingerprint density at radius 2 is 2.00 bits per heavy atom. The first kappa shape index (κ1) is 9.73. The Kier molecular flexibility index (Phi) is 2.69. The van der Waals surface area contributed by atoms with Gasteiger partial charge in [0.1, 0.15) is 12.0 Å². The van der Waals surface area contributed by atoms with E-state index in [1.54, 1.807) is 18.4 Å². The van der Waals surface area contributed by atoms with E-state index in [0.29, 0.717) is 13.0 Å². The molecule has 0 bridgehead atoms. The van der Waals surface area contributed by atoms with Crippen molar-refractivity contribution in [1.82, 2.24) is 5.16 Å². The Balaban J connectivity index is 2.36. The van der Waals surface area contributed by atoms with Gasteiger partial charge < -0.3 is 15.4 Å². The van der Waals surface area contributed by atoms with E-state index in [9.17, 15) is 0 Å². The minimum Gasteiger partial charge on any atom is -0.508 e. The SMILES string of the molecule is NCCc1nocc1-c1ccc(O)cc1. The van der Waals surface area contributed by atoms with Crippen molar-refractivity contribution in [1.29, 1.82) is 0 Å². The average Bonchev–Trinajstić information content (AvgIpc) is 2.68. The number of nitrogens with two attached hydrogens (primary N) is 1. The van der Waals surface area contributed by atoms with Crippen LogP contribution in [0.3, 0.4) is 0 Å². The summed E-state index contributed by atoms with van der Waals surface area (Å²) in [5, 5.41) is 13.1. The Hall–Kier alpha value is -1.81. The van der Waals surface area contributed by atoms with Gasteiger partial charge in [-0.25, -0.2) is 0 Å². The van der Waals surface area contributed by atoms with Crippen molar-refractivity contribution in [3.63, 3.8) is 0 Å². The number of hydrogen-bond donors (Lipinski definition) is 2. The Morgan fingerprint density at radius 1 is 1.27 bits per heavy atom. The monoisotopic (exact) mass is 204 g/mol. The molecule has 0 fully saturated rings. The molecule has 0 radical (unpaired) electrons. The van der Waals surface area contributed by atoms with Crippen LogP contribution in [0.4, 0.5) is 0 Å². The summed E-state index contributed by atoms with van der Waals surface area (Å²) in [4.78, 5) is 0. The van der Waals surface area contributed by atoms with Crippen molar-refractivity contribution in [2.45, 2.75) is 6.42 Å². The molecule has 0 saturated heterocycles. The number of aromatic hydroxyl groups is 1. The molecule has 4 nitrogen and oxygen atoms in total. The van der Waals surface area contributed by atoms with E-state index in [-0.39, 0.29) is 5.75 Å². The van der Waals surface area contributed by atoms with Crippen LogP contribution < -0.4 is 5.73 Å². The van der Waals surface area contributed by atoms with Gasteiger partial charge in [-0.15, -0.1) is 0 Å². The lowest BCUT2D eigenvalue weighted by atomic mass is 10.1. The van der Waals surface area contributed by atoms with Crippen molar-refractivity contribution in [2.24, 2.45) is 5.73 Å². The molecule has 0 unspecified atom stereocenters. The van der Waals surface area contributed by atoms with Crippen molar-refractivity contribution >= 4 is 0 Å². The molecule has 0 amide bonds. The summed E-state index contributed by atoms with van der Waals surface area (Å²) in [6.07, 6.45) is 2.28. The molecule has 0 atom stereocenters. The molecule has 2 aromatic rings. The first-order valence-electron chi connectivity index (χ1n) is 4.74. The second-order valence-corrected chi connectivity index (χ2v) is 3.26. The lowest BCUT2D eigenvalue weighted by Crippen LogP contribution is -2.03. The first-order valence-corrected chi connectivity index (χ1v) is 4.74. The zero-order valence-electron chi connectivity index (χ0n) is 8.18. The normalized spacial score (nSPS) is 10.5. The van der Waals surface area contributed by atoms with Crippen LogP contribution in [0.1, 0.15) is 5.69 Å². The van der Waals surface area contributed by atoms with Gasteiger partial charge in [0.15, 0.2) is 0 Å². The number of aromatic nitrogens is 1. The third-order valence-corrected chi connectivity index (χ3v) is 2.20. The predicted molar refractivity (Wildman–Crippen MR) is 56.4 cm³/mol. The second kappa shape index (κ2) is 4.14. The van der Waals surface area contributed by atoms with Crippen molar-refractivity contribution in [2.75, 3.05) is 6.54 Å². The minimum absolute atomic E-state index is 0.246. The highest BCUT2D eigenvalue weighted by atomic mass is 16.5. The van der Waals surface area contributed by atoms with Crippen LogP contribution >= 0.6 is 0 Å². The van der Waals surface area contributed by atoms with E-state index in [1.165, 1.54) is 0 Å². The van der Waals surface area contributed by atoms with E-state index in [2.05, 4.69) is 5.16 Å². The van der Waals surface area contributed by atoms with E-state index in [4.69, 9.17) is 15.4 Å². The molecule has 1 aromatic carbocycles. The van der Waals surface area contributed by atoms with Crippen molar-refractivity contribution in [3.05, 3.63) is 36.2 Å². The van der Waals surface area contributed by atoms with Crippen molar-refractivity contribution in [3.8, 4) is 16.9 Å². The molecule has 1 heterocycles. The van der Waals surface area contributed by atoms with Crippen LogP contribution in [0.25, 0.3) is 11.1 Å². The molecule has 0 aliphatic rings. The van der Waals surface area contributed by atoms with Gasteiger partial charge in [-0.05, 0) is 24.2 Å². The summed E-state index contributed by atoms with van der Waals surface area (Å²) < 4.78 is 4.91. The minimum atomic E-state index is 0.246. The maximum Gasteiger partial charge on any atom is 0.131 e. The third kappa shape index (κ3) is 1.99. The number of hydrogen-bond acceptors (Lipinski definition) is 4. The zero-order valence-corrected chi connectivity index (χ0v) is 8.18. The molecular weight excluding hydrogens is 192 g/mol. The number of phenolic OH excluding ortho intramolecular Hbond substituents is 1. The zero-order chi connectivity index (χ0) is 10.7. The van der Waals surface area contributed by atoms with Crippen LogP contribution in [-0.4, -0.2) is 16.8 Å². The molecule has 4 heteroatoms. The fourth-order valence-corrected chi connectivity index (χ4v) is 1.45. The fourth-order valence-electron chi connectivity index (χ4n) is 1.45. The highest BCUT2D eigenvalue weighted by Crippen LogP contribution is 2.24. The highest BCUT2D eigenvalue weighted by Gasteiger charge is 2.08. The van der Waals surface area contributed by atoms with E-state index in [1.807, 2.05) is 12.1 Å². The molecular formula is C11H12N2O2. The predicted octanol–water partition coefficient (Wildman–Crippen LogP) is 1.55. The molecule has 1 aromatic heterocycles. The highest BCUT2D eigenvalue weighted by molar-refractivity contribution is 5.65. The average molecular weight is 204 g/mol.